The summed E-state index contributed by atoms with van der Waals surface area (Å²) in [5.74, 6) is -0.927. The molecule has 0 bridgehead atoms. The molecule has 2 aliphatic rings. The first-order valence-electron chi connectivity index (χ1n) is 8.88. The number of hydrogen-bond donors (Lipinski definition) is 4. The van der Waals surface area contributed by atoms with E-state index in [9.17, 15) is 9.59 Å². The van der Waals surface area contributed by atoms with E-state index < -0.39 is 24.0 Å². The first kappa shape index (κ1) is 19.9. The Morgan fingerprint density at radius 1 is 0.826 bits per heavy atom. The lowest BCUT2D eigenvalue weighted by atomic mass is 9.84. The van der Waals surface area contributed by atoms with Gasteiger partial charge in [-0.2, -0.15) is 0 Å². The van der Waals surface area contributed by atoms with E-state index in [1.807, 2.05) is 0 Å². The molecule has 0 heterocycles. The van der Waals surface area contributed by atoms with Gasteiger partial charge in [0.25, 0.3) is 0 Å². The van der Waals surface area contributed by atoms with Crippen LogP contribution < -0.4 is 11.5 Å². The van der Waals surface area contributed by atoms with E-state index >= 15 is 0 Å². The number of carbonyl (C=O) groups is 2. The van der Waals surface area contributed by atoms with Crippen LogP contribution in [0.15, 0.2) is 0 Å². The van der Waals surface area contributed by atoms with Crippen molar-refractivity contribution in [2.45, 2.75) is 82.7 Å². The highest BCUT2D eigenvalue weighted by Gasteiger charge is 2.25. The maximum absolute atomic E-state index is 10.5. The van der Waals surface area contributed by atoms with Gasteiger partial charge in [0.1, 0.15) is 12.1 Å². The third-order valence-electron chi connectivity index (χ3n) is 5.07. The Labute approximate surface area is 138 Å². The van der Waals surface area contributed by atoms with E-state index in [4.69, 9.17) is 21.7 Å². The highest BCUT2D eigenvalue weighted by Crippen LogP contribution is 2.27. The fourth-order valence-corrected chi connectivity index (χ4v) is 3.58. The first-order valence-corrected chi connectivity index (χ1v) is 8.88. The van der Waals surface area contributed by atoms with E-state index in [0.29, 0.717) is 12.3 Å². The molecule has 0 radical (unpaired) electrons. The molecule has 6 nitrogen and oxygen atoms in total. The molecule has 2 rings (SSSR count). The molecule has 0 spiro atoms. The molecule has 0 aromatic heterocycles. The number of rotatable bonds is 5. The zero-order valence-electron chi connectivity index (χ0n) is 14.0. The van der Waals surface area contributed by atoms with Gasteiger partial charge in [0.2, 0.25) is 0 Å². The Kier molecular flexibility index (Phi) is 9.17. The Morgan fingerprint density at radius 3 is 1.74 bits per heavy atom. The quantitative estimate of drug-likeness (QED) is 0.613. The van der Waals surface area contributed by atoms with Crippen molar-refractivity contribution in [2.24, 2.45) is 23.3 Å². The van der Waals surface area contributed by atoms with Crippen molar-refractivity contribution in [1.82, 2.24) is 0 Å². The fraction of sp³-hybridized carbons (Fsp3) is 0.882. The third-order valence-corrected chi connectivity index (χ3v) is 5.07. The number of aliphatic carboxylic acids is 2. The van der Waals surface area contributed by atoms with Gasteiger partial charge in [-0.25, -0.2) is 0 Å². The molecule has 2 fully saturated rings. The Hall–Kier alpha value is -1.14. The molecule has 0 amide bonds. The van der Waals surface area contributed by atoms with Crippen LogP contribution >= 0.6 is 0 Å². The van der Waals surface area contributed by atoms with Crippen molar-refractivity contribution in [2.75, 3.05) is 0 Å². The minimum absolute atomic E-state index is 0.223. The monoisotopic (exact) mass is 328 g/mol. The molecule has 6 heteroatoms. The molecule has 134 valence electrons. The smallest absolute Gasteiger partial charge is 0.320 e. The van der Waals surface area contributed by atoms with Gasteiger partial charge in [-0.3, -0.25) is 9.59 Å². The summed E-state index contributed by atoms with van der Waals surface area (Å²) in [4.78, 5) is 20.9. The van der Waals surface area contributed by atoms with Crippen LogP contribution in [0.3, 0.4) is 0 Å². The van der Waals surface area contributed by atoms with Crippen LogP contribution in [0.25, 0.3) is 0 Å². The summed E-state index contributed by atoms with van der Waals surface area (Å²) >= 11 is 0. The SMILES string of the molecule is NC(C(=O)O)C1CCCCC1.NC(CC1CCCCC1)C(=O)O. The Bertz CT molecular complexity index is 364. The minimum Gasteiger partial charge on any atom is -0.480 e. The van der Waals surface area contributed by atoms with Crippen LogP contribution in [-0.2, 0) is 9.59 Å². The largest absolute Gasteiger partial charge is 0.480 e. The van der Waals surface area contributed by atoms with E-state index in [1.54, 1.807) is 0 Å². The van der Waals surface area contributed by atoms with Crippen molar-refractivity contribution in [3.05, 3.63) is 0 Å². The number of hydrogen-bond acceptors (Lipinski definition) is 4. The van der Waals surface area contributed by atoms with Gasteiger partial charge in [-0.1, -0.05) is 51.4 Å². The van der Waals surface area contributed by atoms with Gasteiger partial charge in [-0.15, -0.1) is 0 Å². The molecule has 2 atom stereocenters. The second-order valence-corrected chi connectivity index (χ2v) is 6.95. The van der Waals surface area contributed by atoms with Crippen molar-refractivity contribution in [3.63, 3.8) is 0 Å². The average Bonchev–Trinajstić information content (AvgIpc) is 2.56. The molecule has 0 saturated heterocycles. The molecule has 23 heavy (non-hydrogen) atoms. The Morgan fingerprint density at radius 2 is 1.30 bits per heavy atom. The normalized spacial score (nSPS) is 22.5. The zero-order chi connectivity index (χ0) is 17.2. The van der Waals surface area contributed by atoms with Crippen LogP contribution in [0.4, 0.5) is 0 Å². The summed E-state index contributed by atoms with van der Waals surface area (Å²) in [6, 6.07) is -1.27. The maximum atomic E-state index is 10.5. The van der Waals surface area contributed by atoms with E-state index in [1.165, 1.54) is 38.5 Å². The molecule has 2 saturated carbocycles. The summed E-state index contributed by atoms with van der Waals surface area (Å²) in [5.41, 5.74) is 10.9. The van der Waals surface area contributed by atoms with Crippen molar-refractivity contribution in [3.8, 4) is 0 Å². The minimum atomic E-state index is -0.861. The molecular weight excluding hydrogens is 296 g/mol. The van der Waals surface area contributed by atoms with Crippen LogP contribution in [0, 0.1) is 11.8 Å². The predicted molar refractivity (Wildman–Crippen MR) is 89.0 cm³/mol. The Balaban J connectivity index is 0.000000231. The van der Waals surface area contributed by atoms with Gasteiger partial charge < -0.3 is 21.7 Å². The molecule has 0 aliphatic heterocycles. The second-order valence-electron chi connectivity index (χ2n) is 6.95. The topological polar surface area (TPSA) is 127 Å². The van der Waals surface area contributed by atoms with Crippen molar-refractivity contribution >= 4 is 11.9 Å². The highest BCUT2D eigenvalue weighted by molar-refractivity contribution is 5.73. The zero-order valence-corrected chi connectivity index (χ0v) is 14.0. The van der Waals surface area contributed by atoms with Gasteiger partial charge in [-0.05, 0) is 31.1 Å². The summed E-state index contributed by atoms with van der Waals surface area (Å²) < 4.78 is 0. The second kappa shape index (κ2) is 10.6. The highest BCUT2D eigenvalue weighted by atomic mass is 16.4. The van der Waals surface area contributed by atoms with E-state index in [2.05, 4.69) is 0 Å². The standard InChI is InChI=1S/C9H17NO2.C8H15NO2/c10-8(9(11)12)6-7-4-2-1-3-5-7;9-7(8(10)11)6-4-2-1-3-5-6/h7-8H,1-6,10H2,(H,11,12);6-7H,1-5,9H2,(H,10,11). The van der Waals surface area contributed by atoms with Crippen LogP contribution in [-0.4, -0.2) is 34.2 Å². The molecule has 2 unspecified atom stereocenters. The fourth-order valence-electron chi connectivity index (χ4n) is 3.58. The molecule has 0 aromatic rings. The van der Waals surface area contributed by atoms with Crippen molar-refractivity contribution in [1.29, 1.82) is 0 Å². The molecule has 0 aromatic carbocycles. The first-order chi connectivity index (χ1) is 10.9. The molecule has 2 aliphatic carbocycles. The lowest BCUT2D eigenvalue weighted by Crippen LogP contribution is -2.38. The van der Waals surface area contributed by atoms with Gasteiger partial charge >= 0.3 is 11.9 Å². The molecule has 6 N–H and O–H groups in total. The van der Waals surface area contributed by atoms with Gasteiger partial charge in [0.05, 0.1) is 0 Å². The lowest BCUT2D eigenvalue weighted by Gasteiger charge is -2.24. The average molecular weight is 328 g/mol. The summed E-state index contributed by atoms with van der Waals surface area (Å²) in [7, 11) is 0. The van der Waals surface area contributed by atoms with Crippen LogP contribution in [0.5, 0.6) is 0 Å². The number of nitrogens with two attached hydrogens (primary N) is 2. The summed E-state index contributed by atoms with van der Waals surface area (Å²) in [6.07, 6.45) is 12.3. The van der Waals surface area contributed by atoms with E-state index in [0.717, 1.165) is 25.7 Å². The maximum Gasteiger partial charge on any atom is 0.320 e. The van der Waals surface area contributed by atoms with E-state index in [-0.39, 0.29) is 5.92 Å². The summed E-state index contributed by atoms with van der Waals surface area (Å²) in [6.45, 7) is 0. The summed E-state index contributed by atoms with van der Waals surface area (Å²) in [5, 5.41) is 17.2. The number of carboxylic acid groups (broad SMARTS) is 2. The van der Waals surface area contributed by atoms with Crippen LogP contribution in [0.1, 0.15) is 70.6 Å². The van der Waals surface area contributed by atoms with Crippen molar-refractivity contribution < 1.29 is 19.8 Å². The van der Waals surface area contributed by atoms with Gasteiger partial charge in [0, 0.05) is 0 Å². The lowest BCUT2D eigenvalue weighted by molar-refractivity contribution is -0.140. The van der Waals surface area contributed by atoms with Crippen LogP contribution in [0.2, 0.25) is 0 Å². The predicted octanol–water partition coefficient (Wildman–Crippen LogP) is 2.35. The third kappa shape index (κ3) is 7.79. The molecular formula is C17H32N2O4. The number of carboxylic acids is 2. The van der Waals surface area contributed by atoms with Gasteiger partial charge in [0.15, 0.2) is 0 Å².